The average Bonchev–Trinajstić information content (AvgIpc) is 3.17. The molecule has 10 heteroatoms. The number of rotatable bonds is 5. The van der Waals surface area contributed by atoms with Crippen LogP contribution in [0.25, 0.3) is 0 Å². The van der Waals surface area contributed by atoms with Gasteiger partial charge in [0.15, 0.2) is 11.5 Å². The van der Waals surface area contributed by atoms with Crippen LogP contribution in [0.1, 0.15) is 11.4 Å². The molecule has 1 aliphatic rings. The van der Waals surface area contributed by atoms with Crippen molar-refractivity contribution in [3.63, 3.8) is 0 Å². The molecule has 2 aromatic heterocycles. The zero-order chi connectivity index (χ0) is 19.3. The molecule has 142 valence electrons. The molecule has 3 aromatic rings. The Bertz CT molecular complexity index is 996. The van der Waals surface area contributed by atoms with Crippen LogP contribution in [0.4, 0.5) is 4.79 Å². The summed E-state index contributed by atoms with van der Waals surface area (Å²) in [5.74, 6) is 1.78. The fourth-order valence-corrected chi connectivity index (χ4v) is 2.31. The van der Waals surface area contributed by atoms with E-state index in [0.717, 1.165) is 5.69 Å². The van der Waals surface area contributed by atoms with Crippen molar-refractivity contribution in [2.75, 3.05) is 6.79 Å². The Labute approximate surface area is 159 Å². The van der Waals surface area contributed by atoms with Gasteiger partial charge in [0, 0.05) is 12.3 Å². The first-order chi connectivity index (χ1) is 13.7. The van der Waals surface area contributed by atoms with E-state index in [1.54, 1.807) is 30.6 Å². The van der Waals surface area contributed by atoms with Crippen LogP contribution in [0.2, 0.25) is 0 Å². The Balaban J connectivity index is 1.41. The van der Waals surface area contributed by atoms with Crippen molar-refractivity contribution in [2.24, 2.45) is 0 Å². The van der Waals surface area contributed by atoms with Crippen LogP contribution in [0.5, 0.6) is 28.9 Å². The minimum atomic E-state index is -0.701. The number of nitrogens with one attached hydrogen (secondary N) is 1. The maximum atomic E-state index is 12.1. The van der Waals surface area contributed by atoms with Gasteiger partial charge in [-0.25, -0.2) is 9.78 Å². The Kier molecular flexibility index (Phi) is 4.83. The van der Waals surface area contributed by atoms with Gasteiger partial charge in [-0.1, -0.05) is 0 Å². The highest BCUT2D eigenvalue weighted by Gasteiger charge is 2.17. The quantitative estimate of drug-likeness (QED) is 0.710. The van der Waals surface area contributed by atoms with Gasteiger partial charge in [0.2, 0.25) is 12.5 Å². The molecule has 3 heterocycles. The van der Waals surface area contributed by atoms with Gasteiger partial charge in [-0.05, 0) is 19.1 Å². The lowest BCUT2D eigenvalue weighted by Crippen LogP contribution is -2.27. The van der Waals surface area contributed by atoms with E-state index in [4.69, 9.17) is 18.9 Å². The highest BCUT2D eigenvalue weighted by atomic mass is 16.7. The fraction of sp³-hybridized carbons (Fsp3) is 0.167. The summed E-state index contributed by atoms with van der Waals surface area (Å²) >= 11 is 0. The number of benzene rings is 1. The van der Waals surface area contributed by atoms with Crippen molar-refractivity contribution >= 4 is 6.09 Å². The van der Waals surface area contributed by atoms with Crippen molar-refractivity contribution in [1.82, 2.24) is 25.3 Å². The van der Waals surface area contributed by atoms with Gasteiger partial charge in [0.25, 0.3) is 5.88 Å². The van der Waals surface area contributed by atoms with Gasteiger partial charge < -0.3 is 24.3 Å². The van der Waals surface area contributed by atoms with Crippen molar-refractivity contribution in [3.05, 3.63) is 54.5 Å². The van der Waals surface area contributed by atoms with Gasteiger partial charge >= 0.3 is 6.09 Å². The van der Waals surface area contributed by atoms with Gasteiger partial charge in [0.05, 0.1) is 30.3 Å². The zero-order valence-corrected chi connectivity index (χ0v) is 14.8. The first kappa shape index (κ1) is 17.5. The molecule has 1 N–H and O–H groups in total. The number of aryl methyl sites for hydroxylation is 1. The number of fused-ring (bicyclic) bond motifs is 1. The largest absolute Gasteiger partial charge is 0.454 e. The second-order valence-corrected chi connectivity index (χ2v) is 5.70. The zero-order valence-electron chi connectivity index (χ0n) is 14.8. The molecule has 0 bridgehead atoms. The van der Waals surface area contributed by atoms with Crippen LogP contribution in [0, 0.1) is 6.92 Å². The standard InChI is InChI=1S/C18H15N5O5/c1-11-5-21-12(6-20-11)7-22-18(24)28-16-8-19-9-23-17(16)27-13-2-3-14-15(4-13)26-10-25-14/h2-6,8-9H,7,10H2,1H3,(H,22,24). The molecular weight excluding hydrogens is 366 g/mol. The average molecular weight is 381 g/mol. The summed E-state index contributed by atoms with van der Waals surface area (Å²) in [7, 11) is 0. The highest BCUT2D eigenvalue weighted by molar-refractivity contribution is 5.70. The molecule has 0 saturated heterocycles. The number of amides is 1. The second kappa shape index (κ2) is 7.74. The third-order valence-corrected chi connectivity index (χ3v) is 3.65. The number of carbonyl (C=O) groups excluding carboxylic acids is 1. The van der Waals surface area contributed by atoms with Crippen molar-refractivity contribution in [2.45, 2.75) is 13.5 Å². The third kappa shape index (κ3) is 4.06. The normalized spacial score (nSPS) is 11.8. The SMILES string of the molecule is Cc1cnc(CNC(=O)Oc2cncnc2Oc2ccc3c(c2)OCO3)cn1. The Morgan fingerprint density at radius 1 is 1.14 bits per heavy atom. The molecule has 0 saturated carbocycles. The summed E-state index contributed by atoms with van der Waals surface area (Å²) in [4.78, 5) is 28.2. The number of carbonyl (C=O) groups is 1. The summed E-state index contributed by atoms with van der Waals surface area (Å²) in [6.07, 6.45) is 5.11. The van der Waals surface area contributed by atoms with Gasteiger partial charge in [-0.15, -0.1) is 0 Å². The monoisotopic (exact) mass is 381 g/mol. The maximum Gasteiger partial charge on any atom is 0.413 e. The summed E-state index contributed by atoms with van der Waals surface area (Å²) in [6, 6.07) is 5.06. The Morgan fingerprint density at radius 2 is 2.04 bits per heavy atom. The van der Waals surface area contributed by atoms with Crippen molar-refractivity contribution < 1.29 is 23.7 Å². The smallest absolute Gasteiger partial charge is 0.413 e. The second-order valence-electron chi connectivity index (χ2n) is 5.70. The van der Waals surface area contributed by atoms with E-state index >= 15 is 0 Å². The van der Waals surface area contributed by atoms with Crippen LogP contribution in [0.15, 0.2) is 43.1 Å². The molecule has 0 radical (unpaired) electrons. The third-order valence-electron chi connectivity index (χ3n) is 3.65. The summed E-state index contributed by atoms with van der Waals surface area (Å²) in [5, 5.41) is 2.58. The number of ether oxygens (including phenoxy) is 4. The van der Waals surface area contributed by atoms with Crippen LogP contribution in [0.3, 0.4) is 0 Å². The molecule has 0 fully saturated rings. The van der Waals surface area contributed by atoms with E-state index in [1.807, 2.05) is 6.92 Å². The van der Waals surface area contributed by atoms with E-state index in [0.29, 0.717) is 22.9 Å². The fourth-order valence-electron chi connectivity index (χ4n) is 2.31. The molecule has 1 aliphatic heterocycles. The Hall–Kier alpha value is -3.95. The molecule has 1 amide bonds. The van der Waals surface area contributed by atoms with Crippen molar-refractivity contribution in [1.29, 1.82) is 0 Å². The van der Waals surface area contributed by atoms with Crippen LogP contribution >= 0.6 is 0 Å². The number of hydrogen-bond acceptors (Lipinski definition) is 9. The number of nitrogens with zero attached hydrogens (tertiary/aromatic N) is 4. The van der Waals surface area contributed by atoms with E-state index in [2.05, 4.69) is 25.3 Å². The van der Waals surface area contributed by atoms with Gasteiger partial charge in [0.1, 0.15) is 12.1 Å². The highest BCUT2D eigenvalue weighted by Crippen LogP contribution is 2.37. The summed E-state index contributed by atoms with van der Waals surface area (Å²) in [6.45, 7) is 2.15. The molecule has 0 aliphatic carbocycles. The minimum Gasteiger partial charge on any atom is -0.454 e. The van der Waals surface area contributed by atoms with Gasteiger partial charge in [-0.3, -0.25) is 9.97 Å². The minimum absolute atomic E-state index is 0.0626. The van der Waals surface area contributed by atoms with Crippen LogP contribution < -0.4 is 24.3 Å². The maximum absolute atomic E-state index is 12.1. The topological polar surface area (TPSA) is 118 Å². The molecule has 28 heavy (non-hydrogen) atoms. The van der Waals surface area contributed by atoms with Crippen molar-refractivity contribution in [3.8, 4) is 28.9 Å². The Morgan fingerprint density at radius 3 is 2.89 bits per heavy atom. The lowest BCUT2D eigenvalue weighted by molar-refractivity contribution is 0.174. The molecule has 0 atom stereocenters. The first-order valence-electron chi connectivity index (χ1n) is 8.28. The molecule has 0 spiro atoms. The van der Waals surface area contributed by atoms with E-state index in [-0.39, 0.29) is 25.0 Å². The van der Waals surface area contributed by atoms with Gasteiger partial charge in [-0.2, -0.15) is 4.98 Å². The molecule has 10 nitrogen and oxygen atoms in total. The first-order valence-corrected chi connectivity index (χ1v) is 8.28. The predicted octanol–water partition coefficient (Wildman–Crippen LogP) is 2.38. The molecular formula is C18H15N5O5. The number of aromatic nitrogens is 4. The number of hydrogen-bond donors (Lipinski definition) is 1. The molecule has 1 aromatic carbocycles. The molecule has 0 unspecified atom stereocenters. The molecule has 4 rings (SSSR count). The lowest BCUT2D eigenvalue weighted by atomic mass is 10.3. The van der Waals surface area contributed by atoms with E-state index in [9.17, 15) is 4.79 Å². The van der Waals surface area contributed by atoms with E-state index < -0.39 is 6.09 Å². The summed E-state index contributed by atoms with van der Waals surface area (Å²) < 4.78 is 21.5. The van der Waals surface area contributed by atoms with Crippen LogP contribution in [-0.4, -0.2) is 32.8 Å². The predicted molar refractivity (Wildman–Crippen MR) is 94.3 cm³/mol. The van der Waals surface area contributed by atoms with E-state index in [1.165, 1.54) is 12.5 Å². The van der Waals surface area contributed by atoms with Crippen LogP contribution in [-0.2, 0) is 6.54 Å². The summed E-state index contributed by atoms with van der Waals surface area (Å²) in [5.41, 5.74) is 1.39. The lowest BCUT2D eigenvalue weighted by Gasteiger charge is -2.10.